The number of hydrogen-bond donors (Lipinski definition) is 1. The molecule has 40 heavy (non-hydrogen) atoms. The Morgan fingerprint density at radius 1 is 0.675 bits per heavy atom. The highest BCUT2D eigenvalue weighted by atomic mass is 19.4. The maximum Gasteiger partial charge on any atom is 0.416 e. The van der Waals surface area contributed by atoms with Crippen LogP contribution in [-0.4, -0.2) is 49.0 Å². The summed E-state index contributed by atoms with van der Waals surface area (Å²) in [5, 5.41) is 3.14. The van der Waals surface area contributed by atoms with Crippen LogP contribution in [0.1, 0.15) is 22.7 Å². The van der Waals surface area contributed by atoms with Gasteiger partial charge in [-0.05, 0) is 35.4 Å². The summed E-state index contributed by atoms with van der Waals surface area (Å²) in [6.07, 6.45) is -15.0. The van der Waals surface area contributed by atoms with Crippen LogP contribution in [-0.2, 0) is 12.7 Å². The molecule has 3 aromatic rings. The lowest BCUT2D eigenvalue weighted by Crippen LogP contribution is -2.68. The van der Waals surface area contributed by atoms with Crippen molar-refractivity contribution in [3.63, 3.8) is 0 Å². The number of rotatable bonds is 7. The first-order chi connectivity index (χ1) is 18.7. The van der Waals surface area contributed by atoms with Gasteiger partial charge in [0.05, 0.1) is 5.56 Å². The molecule has 3 unspecified atom stereocenters. The number of halogens is 9. The maximum absolute atomic E-state index is 14.4. The minimum absolute atomic E-state index is 0.0638. The molecule has 3 atom stereocenters. The average Bonchev–Trinajstić information content (AvgIpc) is 2.90. The van der Waals surface area contributed by atoms with Crippen molar-refractivity contribution in [1.82, 2.24) is 10.2 Å². The highest BCUT2D eigenvalue weighted by Crippen LogP contribution is 2.42. The molecule has 1 aliphatic rings. The summed E-state index contributed by atoms with van der Waals surface area (Å²) in [4.78, 5) is 1.32. The average molecular weight is 576 g/mol. The highest BCUT2D eigenvalue weighted by Gasteiger charge is 2.57. The number of benzene rings is 3. The van der Waals surface area contributed by atoms with E-state index in [2.05, 4.69) is 5.32 Å². The molecule has 0 aromatic heterocycles. The number of nitrogens with zero attached hydrogens (tertiary/aromatic N) is 2. The van der Waals surface area contributed by atoms with Gasteiger partial charge in [0.25, 0.3) is 0 Å². The van der Waals surface area contributed by atoms with E-state index in [1.807, 2.05) is 30.3 Å². The van der Waals surface area contributed by atoms with Crippen molar-refractivity contribution in [2.75, 3.05) is 24.5 Å². The van der Waals surface area contributed by atoms with Crippen molar-refractivity contribution >= 4 is 5.69 Å². The van der Waals surface area contributed by atoms with Crippen molar-refractivity contribution in [2.24, 2.45) is 0 Å². The van der Waals surface area contributed by atoms with Gasteiger partial charge in [-0.15, -0.1) is 0 Å². The van der Waals surface area contributed by atoms with Crippen LogP contribution in [0.3, 0.4) is 0 Å². The Morgan fingerprint density at radius 3 is 1.65 bits per heavy atom. The zero-order valence-corrected chi connectivity index (χ0v) is 20.9. The van der Waals surface area contributed by atoms with E-state index in [0.717, 1.165) is 10.5 Å². The fraction of sp³-hybridized carbons (Fsp3) is 0.357. The van der Waals surface area contributed by atoms with Gasteiger partial charge in [0, 0.05) is 37.9 Å². The lowest BCUT2D eigenvalue weighted by molar-refractivity contribution is -0.193. The van der Waals surface area contributed by atoms with Crippen LogP contribution >= 0.6 is 0 Å². The second-order valence-corrected chi connectivity index (χ2v) is 9.56. The molecule has 0 radical (unpaired) electrons. The summed E-state index contributed by atoms with van der Waals surface area (Å²) in [7, 11) is 0. The zero-order valence-electron chi connectivity index (χ0n) is 20.9. The summed E-state index contributed by atoms with van der Waals surface area (Å²) < 4.78 is 125. The molecule has 1 saturated heterocycles. The SMILES string of the molecule is FC(F)(F)c1ccc(N2C(C(F)(F)F)CN(C(CNCc3ccccc3)c3ccccc3)CC2C(F)(F)F)cc1. The first-order valence-electron chi connectivity index (χ1n) is 12.4. The fourth-order valence-corrected chi connectivity index (χ4v) is 4.95. The molecule has 3 nitrogen and oxygen atoms in total. The summed E-state index contributed by atoms with van der Waals surface area (Å²) in [6, 6.07) is 13.6. The number of nitrogens with one attached hydrogen (secondary N) is 1. The second kappa shape index (κ2) is 11.7. The Morgan fingerprint density at radius 2 is 1.18 bits per heavy atom. The van der Waals surface area contributed by atoms with Crippen molar-refractivity contribution in [3.05, 3.63) is 102 Å². The quantitative estimate of drug-likeness (QED) is 0.300. The molecule has 4 rings (SSSR count). The van der Waals surface area contributed by atoms with Crippen LogP contribution in [0.25, 0.3) is 0 Å². The van der Waals surface area contributed by atoms with Gasteiger partial charge in [0.1, 0.15) is 12.1 Å². The van der Waals surface area contributed by atoms with Crippen molar-refractivity contribution in [2.45, 2.75) is 43.2 Å². The van der Waals surface area contributed by atoms with Gasteiger partial charge < -0.3 is 10.2 Å². The largest absolute Gasteiger partial charge is 0.416 e. The van der Waals surface area contributed by atoms with Crippen LogP contribution in [0.2, 0.25) is 0 Å². The third-order valence-corrected chi connectivity index (χ3v) is 6.87. The number of anilines is 1. The van der Waals surface area contributed by atoms with E-state index in [0.29, 0.717) is 36.4 Å². The third kappa shape index (κ3) is 7.08. The molecule has 0 bridgehead atoms. The summed E-state index contributed by atoms with van der Waals surface area (Å²) >= 11 is 0. The standard InChI is InChI=1S/C28H26F9N3/c29-26(30,31)21-11-13-22(14-12-21)40-24(27(32,33)34)17-39(18-25(40)28(35,36)37)23(20-9-5-2-6-10-20)16-38-15-19-7-3-1-4-8-19/h1-14,23-25,38H,15-18H2. The summed E-state index contributed by atoms with van der Waals surface area (Å²) in [5.74, 6) is 0. The van der Waals surface area contributed by atoms with E-state index in [9.17, 15) is 39.5 Å². The molecule has 12 heteroatoms. The van der Waals surface area contributed by atoms with E-state index in [-0.39, 0.29) is 11.4 Å². The van der Waals surface area contributed by atoms with Crippen LogP contribution in [0.15, 0.2) is 84.9 Å². The van der Waals surface area contributed by atoms with Gasteiger partial charge >= 0.3 is 18.5 Å². The van der Waals surface area contributed by atoms with E-state index in [4.69, 9.17) is 0 Å². The smallest absolute Gasteiger partial charge is 0.346 e. The topological polar surface area (TPSA) is 18.5 Å². The molecule has 3 aromatic carbocycles. The highest BCUT2D eigenvalue weighted by molar-refractivity contribution is 5.52. The first-order valence-corrected chi connectivity index (χ1v) is 12.4. The molecule has 0 aliphatic carbocycles. The maximum atomic E-state index is 14.4. The molecule has 1 aliphatic heterocycles. The Kier molecular flexibility index (Phi) is 8.69. The van der Waals surface area contributed by atoms with Crippen LogP contribution in [0.5, 0.6) is 0 Å². The second-order valence-electron chi connectivity index (χ2n) is 9.56. The van der Waals surface area contributed by atoms with Gasteiger partial charge in [0.2, 0.25) is 0 Å². The molecule has 216 valence electrons. The molecule has 0 saturated carbocycles. The minimum atomic E-state index is -5.11. The third-order valence-electron chi connectivity index (χ3n) is 6.87. The molecular formula is C28H26F9N3. The Labute approximate surface area is 225 Å². The summed E-state index contributed by atoms with van der Waals surface area (Å²) in [6.45, 7) is -1.22. The van der Waals surface area contributed by atoms with Crippen molar-refractivity contribution in [3.8, 4) is 0 Å². The normalized spacial score (nSPS) is 20.0. The predicted molar refractivity (Wildman–Crippen MR) is 133 cm³/mol. The molecule has 0 spiro atoms. The van der Waals surface area contributed by atoms with E-state index in [1.54, 1.807) is 30.3 Å². The molecular weight excluding hydrogens is 549 g/mol. The molecule has 0 amide bonds. The molecule has 1 fully saturated rings. The van der Waals surface area contributed by atoms with Crippen LogP contribution in [0.4, 0.5) is 45.2 Å². The minimum Gasteiger partial charge on any atom is -0.346 e. The van der Waals surface area contributed by atoms with E-state index in [1.165, 1.54) is 0 Å². The van der Waals surface area contributed by atoms with Crippen molar-refractivity contribution in [1.29, 1.82) is 0 Å². The van der Waals surface area contributed by atoms with E-state index >= 15 is 0 Å². The zero-order chi connectivity index (χ0) is 29.1. The Balaban J connectivity index is 1.69. The van der Waals surface area contributed by atoms with Crippen molar-refractivity contribution < 1.29 is 39.5 Å². The number of piperazine rings is 1. The van der Waals surface area contributed by atoms with E-state index < -0.39 is 61.0 Å². The Hall–Kier alpha value is -3.25. The molecule has 1 heterocycles. The molecule has 1 N–H and O–H groups in total. The van der Waals surface area contributed by atoms with Gasteiger partial charge in [0.15, 0.2) is 0 Å². The van der Waals surface area contributed by atoms with Gasteiger partial charge in [-0.1, -0.05) is 60.7 Å². The fourth-order valence-electron chi connectivity index (χ4n) is 4.95. The van der Waals surface area contributed by atoms with Crippen LogP contribution in [0, 0.1) is 0 Å². The lowest BCUT2D eigenvalue weighted by atomic mass is 9.97. The van der Waals surface area contributed by atoms with Gasteiger partial charge in [-0.2, -0.15) is 39.5 Å². The monoisotopic (exact) mass is 575 g/mol. The van der Waals surface area contributed by atoms with Crippen LogP contribution < -0.4 is 10.2 Å². The lowest BCUT2D eigenvalue weighted by Gasteiger charge is -2.50. The van der Waals surface area contributed by atoms with Gasteiger partial charge in [-0.25, -0.2) is 0 Å². The summed E-state index contributed by atoms with van der Waals surface area (Å²) in [5.41, 5.74) is -0.331. The van der Waals surface area contributed by atoms with Gasteiger partial charge in [-0.3, -0.25) is 4.90 Å². The Bertz CT molecular complexity index is 1190. The predicted octanol–water partition coefficient (Wildman–Crippen LogP) is 7.22. The first kappa shape index (κ1) is 29.7. The number of alkyl halides is 9. The number of hydrogen-bond acceptors (Lipinski definition) is 3.